The second kappa shape index (κ2) is 12.3. The Labute approximate surface area is 228 Å². The molecule has 2 aromatic heterocycles. The fraction of sp³-hybridized carbons (Fsp3) is 0.429. The van der Waals surface area contributed by atoms with E-state index in [1.165, 1.54) is 0 Å². The number of fused-ring (bicyclic) bond motifs is 1. The number of likely N-dealkylation sites (N-methyl/N-ethyl adjacent to an activating group) is 1. The normalized spacial score (nSPS) is 18.1. The predicted molar refractivity (Wildman–Crippen MR) is 147 cm³/mol. The van der Waals surface area contributed by atoms with E-state index in [-0.39, 0.29) is 30.6 Å². The standard InChI is InChI=1S/C28H36N6O5/c1-17-13-34(18(2)16-35)27(36)23-12-22(30-28(37)31-26-19(3)32-39-20(26)4)6-7-24(23)38-25(17)15-33(5)14-21-8-10-29-11-9-21/h6-12,17-18,25,35H,13-16H2,1-5H3,(H2,30,31,37)/t17-,18-,25+/m0/s1. The van der Waals surface area contributed by atoms with Gasteiger partial charge in [-0.15, -0.1) is 0 Å². The van der Waals surface area contributed by atoms with Crippen molar-refractivity contribution in [3.8, 4) is 5.75 Å². The summed E-state index contributed by atoms with van der Waals surface area (Å²) in [6, 6.07) is 8.09. The minimum absolute atomic E-state index is 0.00498. The van der Waals surface area contributed by atoms with E-state index in [1.807, 2.05) is 26.1 Å². The van der Waals surface area contributed by atoms with Crippen molar-refractivity contribution in [2.24, 2.45) is 5.92 Å². The van der Waals surface area contributed by atoms with Gasteiger partial charge >= 0.3 is 6.03 Å². The number of anilines is 2. The van der Waals surface area contributed by atoms with Crippen LogP contribution in [0.5, 0.6) is 5.75 Å². The maximum absolute atomic E-state index is 13.7. The van der Waals surface area contributed by atoms with Crippen molar-refractivity contribution in [3.63, 3.8) is 0 Å². The van der Waals surface area contributed by atoms with Crippen LogP contribution in [0.25, 0.3) is 0 Å². The Morgan fingerprint density at radius 2 is 1.97 bits per heavy atom. The molecule has 1 aromatic carbocycles. The van der Waals surface area contributed by atoms with E-state index in [4.69, 9.17) is 9.26 Å². The Bertz CT molecular complexity index is 1280. The summed E-state index contributed by atoms with van der Waals surface area (Å²) in [7, 11) is 2.03. The summed E-state index contributed by atoms with van der Waals surface area (Å²) in [5.74, 6) is 0.652. The molecule has 3 N–H and O–H groups in total. The molecule has 11 heteroatoms. The lowest BCUT2D eigenvalue weighted by atomic mass is 9.99. The number of nitrogens with one attached hydrogen (secondary N) is 2. The summed E-state index contributed by atoms with van der Waals surface area (Å²) < 4.78 is 11.6. The summed E-state index contributed by atoms with van der Waals surface area (Å²) in [6.07, 6.45) is 3.32. The van der Waals surface area contributed by atoms with Crippen LogP contribution in [0.4, 0.5) is 16.2 Å². The lowest BCUT2D eigenvalue weighted by molar-refractivity contribution is 0.0341. The number of nitrogens with zero attached hydrogens (tertiary/aromatic N) is 4. The molecule has 3 atom stereocenters. The van der Waals surface area contributed by atoms with E-state index in [1.54, 1.807) is 49.3 Å². The number of rotatable bonds is 8. The van der Waals surface area contributed by atoms with Gasteiger partial charge in [0.2, 0.25) is 0 Å². The molecule has 3 aromatic rings. The van der Waals surface area contributed by atoms with E-state index in [9.17, 15) is 14.7 Å². The van der Waals surface area contributed by atoms with Crippen LogP contribution in [-0.4, -0.2) is 75.9 Å². The van der Waals surface area contributed by atoms with Crippen molar-refractivity contribution in [2.75, 3.05) is 37.4 Å². The van der Waals surface area contributed by atoms with Gasteiger partial charge in [-0.3, -0.25) is 14.7 Å². The van der Waals surface area contributed by atoms with Crippen molar-refractivity contribution in [1.82, 2.24) is 19.9 Å². The van der Waals surface area contributed by atoms with E-state index in [2.05, 4.69) is 32.6 Å². The zero-order valence-corrected chi connectivity index (χ0v) is 23.0. The number of ether oxygens (including phenoxy) is 1. The van der Waals surface area contributed by atoms with Gasteiger partial charge in [0, 0.05) is 43.6 Å². The van der Waals surface area contributed by atoms with Crippen molar-refractivity contribution in [1.29, 1.82) is 0 Å². The van der Waals surface area contributed by atoms with E-state index in [0.717, 1.165) is 12.1 Å². The fourth-order valence-electron chi connectivity index (χ4n) is 4.63. The average molecular weight is 537 g/mol. The molecule has 208 valence electrons. The number of aliphatic hydroxyl groups excluding tert-OH is 1. The third-order valence-corrected chi connectivity index (χ3v) is 6.89. The van der Waals surface area contributed by atoms with Crippen LogP contribution >= 0.6 is 0 Å². The summed E-state index contributed by atoms with van der Waals surface area (Å²) in [5, 5.41) is 19.2. The predicted octanol–water partition coefficient (Wildman–Crippen LogP) is 3.68. The number of aryl methyl sites for hydroxylation is 2. The summed E-state index contributed by atoms with van der Waals surface area (Å²) in [5.41, 5.74) is 2.94. The highest BCUT2D eigenvalue weighted by Gasteiger charge is 2.33. The van der Waals surface area contributed by atoms with Crippen molar-refractivity contribution in [3.05, 3.63) is 65.3 Å². The van der Waals surface area contributed by atoms with Gasteiger partial charge in [0.1, 0.15) is 23.2 Å². The number of hydrogen-bond acceptors (Lipinski definition) is 8. The van der Waals surface area contributed by atoms with Gasteiger partial charge in [-0.2, -0.15) is 0 Å². The zero-order chi connectivity index (χ0) is 28.1. The largest absolute Gasteiger partial charge is 0.488 e. The van der Waals surface area contributed by atoms with Crippen LogP contribution in [0.3, 0.4) is 0 Å². The lowest BCUT2D eigenvalue weighted by Crippen LogP contribution is -2.49. The average Bonchev–Trinajstić information content (AvgIpc) is 3.23. The van der Waals surface area contributed by atoms with Gasteiger partial charge in [0.15, 0.2) is 5.76 Å². The minimum Gasteiger partial charge on any atom is -0.488 e. The summed E-state index contributed by atoms with van der Waals surface area (Å²) in [4.78, 5) is 34.3. The molecule has 39 heavy (non-hydrogen) atoms. The molecule has 0 aliphatic carbocycles. The minimum atomic E-state index is -0.492. The van der Waals surface area contributed by atoms with Crippen LogP contribution in [0.15, 0.2) is 47.2 Å². The zero-order valence-electron chi connectivity index (χ0n) is 23.0. The SMILES string of the molecule is Cc1noc(C)c1NC(=O)Nc1ccc2c(c1)C(=O)N([C@@H](C)CO)C[C@H](C)[C@@H](CN(C)Cc1ccncc1)O2. The highest BCUT2D eigenvalue weighted by molar-refractivity contribution is 6.03. The first-order chi connectivity index (χ1) is 18.7. The van der Waals surface area contributed by atoms with Crippen molar-refractivity contribution >= 4 is 23.3 Å². The topological polar surface area (TPSA) is 133 Å². The maximum atomic E-state index is 13.7. The van der Waals surface area contributed by atoms with E-state index in [0.29, 0.717) is 47.2 Å². The molecule has 1 aliphatic rings. The first-order valence-corrected chi connectivity index (χ1v) is 13.0. The third-order valence-electron chi connectivity index (χ3n) is 6.89. The van der Waals surface area contributed by atoms with Crippen LogP contribution in [-0.2, 0) is 6.54 Å². The fourth-order valence-corrected chi connectivity index (χ4v) is 4.63. The Kier molecular flexibility index (Phi) is 8.82. The molecule has 0 bridgehead atoms. The molecule has 0 fully saturated rings. The maximum Gasteiger partial charge on any atom is 0.323 e. The molecule has 11 nitrogen and oxygen atoms in total. The number of aromatic nitrogens is 2. The van der Waals surface area contributed by atoms with Crippen molar-refractivity contribution in [2.45, 2.75) is 46.4 Å². The smallest absolute Gasteiger partial charge is 0.323 e. The van der Waals surface area contributed by atoms with Crippen LogP contribution in [0, 0.1) is 19.8 Å². The second-order valence-corrected chi connectivity index (χ2v) is 10.2. The van der Waals surface area contributed by atoms with Gasteiger partial charge in [0.05, 0.1) is 18.2 Å². The Balaban J connectivity index is 1.57. The molecule has 3 amide bonds. The molecule has 1 aliphatic heterocycles. The number of hydrogen-bond donors (Lipinski definition) is 3. The van der Waals surface area contributed by atoms with Crippen LogP contribution in [0.1, 0.15) is 41.2 Å². The van der Waals surface area contributed by atoms with Gasteiger partial charge in [-0.1, -0.05) is 12.1 Å². The molecule has 0 unspecified atom stereocenters. The van der Waals surface area contributed by atoms with E-state index >= 15 is 0 Å². The Morgan fingerprint density at radius 1 is 1.23 bits per heavy atom. The first kappa shape index (κ1) is 28.1. The van der Waals surface area contributed by atoms with Crippen molar-refractivity contribution < 1.29 is 24.0 Å². The number of amides is 3. The quantitative estimate of drug-likeness (QED) is 0.397. The number of urea groups is 1. The number of benzene rings is 1. The molecule has 0 spiro atoms. The van der Waals surface area contributed by atoms with Gasteiger partial charge < -0.3 is 29.9 Å². The number of carbonyl (C=O) groups is 2. The molecule has 4 rings (SSSR count). The molecule has 0 saturated carbocycles. The summed E-state index contributed by atoms with van der Waals surface area (Å²) >= 11 is 0. The summed E-state index contributed by atoms with van der Waals surface area (Å²) in [6.45, 7) is 8.90. The Morgan fingerprint density at radius 3 is 2.64 bits per heavy atom. The Hall–Kier alpha value is -3.96. The first-order valence-electron chi connectivity index (χ1n) is 13.0. The highest BCUT2D eigenvalue weighted by Crippen LogP contribution is 2.31. The number of carbonyl (C=O) groups excluding carboxylic acids is 2. The molecule has 0 saturated heterocycles. The monoisotopic (exact) mass is 536 g/mol. The molecular weight excluding hydrogens is 500 g/mol. The van der Waals surface area contributed by atoms with E-state index < -0.39 is 6.03 Å². The third kappa shape index (κ3) is 6.73. The number of pyridine rings is 1. The van der Waals surface area contributed by atoms with Crippen LogP contribution < -0.4 is 15.4 Å². The van der Waals surface area contributed by atoms with Gasteiger partial charge in [-0.25, -0.2) is 4.79 Å². The van der Waals surface area contributed by atoms with Gasteiger partial charge in [-0.05, 0) is 63.7 Å². The highest BCUT2D eigenvalue weighted by atomic mass is 16.5. The second-order valence-electron chi connectivity index (χ2n) is 10.2. The molecule has 0 radical (unpaired) electrons. The number of aliphatic hydroxyl groups is 1. The molecular formula is C28H36N6O5. The molecule has 3 heterocycles. The lowest BCUT2D eigenvalue weighted by Gasteiger charge is -2.38. The van der Waals surface area contributed by atoms with Crippen LogP contribution in [0.2, 0.25) is 0 Å². The van der Waals surface area contributed by atoms with Gasteiger partial charge in [0.25, 0.3) is 5.91 Å².